The molecule has 0 unspecified atom stereocenters. The highest BCUT2D eigenvalue weighted by Gasteiger charge is 2.64. The summed E-state index contributed by atoms with van der Waals surface area (Å²) >= 11 is 0. The lowest BCUT2D eigenvalue weighted by Gasteiger charge is -2.57. The molecule has 4 rings (SSSR count). The van der Waals surface area contributed by atoms with E-state index in [1.54, 1.807) is 6.92 Å². The first-order chi connectivity index (χ1) is 11.7. The van der Waals surface area contributed by atoms with Crippen molar-refractivity contribution >= 4 is 17.3 Å². The lowest BCUT2D eigenvalue weighted by Crippen LogP contribution is -2.57. The average Bonchev–Trinajstić information content (AvgIpc) is 2.85. The number of hydrogen-bond acceptors (Lipinski definition) is 3. The second-order valence-corrected chi connectivity index (χ2v) is 9.32. The van der Waals surface area contributed by atoms with Crippen LogP contribution >= 0.6 is 0 Å². The minimum Gasteiger partial charge on any atom is -0.300 e. The van der Waals surface area contributed by atoms with Gasteiger partial charge < -0.3 is 0 Å². The monoisotopic (exact) mass is 346 g/mol. The van der Waals surface area contributed by atoms with E-state index in [1.807, 2.05) is 6.92 Å². The van der Waals surface area contributed by atoms with Crippen LogP contribution in [0.25, 0.3) is 0 Å². The van der Waals surface area contributed by atoms with Gasteiger partial charge in [0.2, 0.25) is 0 Å². The number of carbonyl (C=O) groups is 3. The molecule has 25 heavy (non-hydrogen) atoms. The second kappa shape index (κ2) is 5.34. The predicted octanol–water partition coefficient (Wildman–Crippen LogP) is 3.85. The lowest BCUT2D eigenvalue weighted by atomic mass is 9.46. The van der Waals surface area contributed by atoms with Gasteiger partial charge in [-0.05, 0) is 61.5 Å². The third-order valence-electron chi connectivity index (χ3n) is 8.12. The minimum atomic E-state index is -1.14. The summed E-state index contributed by atoms with van der Waals surface area (Å²) in [6.07, 6.45) is 3.82. The van der Waals surface area contributed by atoms with Gasteiger partial charge in [-0.1, -0.05) is 13.8 Å². The Bertz CT molecular complexity index is 695. The first kappa shape index (κ1) is 17.1. The molecule has 0 saturated heterocycles. The van der Waals surface area contributed by atoms with Crippen molar-refractivity contribution in [2.75, 3.05) is 0 Å². The number of Topliss-reactive ketones (excluding diaryl/α,β-unsaturated/α-hetero) is 2. The normalized spacial score (nSPS) is 49.1. The van der Waals surface area contributed by atoms with E-state index in [0.29, 0.717) is 31.3 Å². The molecule has 4 aliphatic rings. The minimum absolute atomic E-state index is 0.000882. The van der Waals surface area contributed by atoms with Gasteiger partial charge in [-0.3, -0.25) is 14.4 Å². The molecule has 0 radical (unpaired) electrons. The largest absolute Gasteiger partial charge is 0.300 e. The first-order valence-corrected chi connectivity index (χ1v) is 9.60. The Labute approximate surface area is 148 Å². The van der Waals surface area contributed by atoms with Crippen LogP contribution in [0.5, 0.6) is 0 Å². The van der Waals surface area contributed by atoms with Gasteiger partial charge in [0.25, 0.3) is 0 Å². The molecule has 0 aromatic carbocycles. The molecule has 4 heteroatoms. The third kappa shape index (κ3) is 2.18. The van der Waals surface area contributed by atoms with Gasteiger partial charge in [0, 0.05) is 30.1 Å². The Balaban J connectivity index is 1.77. The van der Waals surface area contributed by atoms with Crippen LogP contribution in [0.3, 0.4) is 0 Å². The van der Waals surface area contributed by atoms with E-state index in [4.69, 9.17) is 0 Å². The molecule has 0 aromatic rings. The molecule has 4 aliphatic carbocycles. The summed E-state index contributed by atoms with van der Waals surface area (Å²) in [6.45, 7) is 5.70. The Hall–Kier alpha value is -1.32. The summed E-state index contributed by atoms with van der Waals surface area (Å²) < 4.78 is 15.1. The number of fused-ring (bicyclic) bond motifs is 5. The fourth-order valence-corrected chi connectivity index (χ4v) is 7.06. The number of halogens is 1. The van der Waals surface area contributed by atoms with Crippen LogP contribution in [-0.2, 0) is 14.4 Å². The van der Waals surface area contributed by atoms with Crippen molar-refractivity contribution in [1.29, 1.82) is 0 Å². The molecule has 3 saturated carbocycles. The van der Waals surface area contributed by atoms with Gasteiger partial charge in [-0.25, -0.2) is 4.39 Å². The van der Waals surface area contributed by atoms with Crippen LogP contribution < -0.4 is 0 Å². The number of allylic oxidation sites excluding steroid dienone is 1. The van der Waals surface area contributed by atoms with Crippen molar-refractivity contribution in [2.45, 2.75) is 65.5 Å². The van der Waals surface area contributed by atoms with Gasteiger partial charge in [-0.15, -0.1) is 0 Å². The number of carbonyl (C=O) groups excluding carboxylic acids is 3. The summed E-state index contributed by atoms with van der Waals surface area (Å²) in [4.78, 5) is 37.2. The molecule has 0 bridgehead atoms. The van der Waals surface area contributed by atoms with E-state index in [2.05, 4.69) is 6.92 Å². The van der Waals surface area contributed by atoms with E-state index < -0.39 is 11.6 Å². The van der Waals surface area contributed by atoms with Gasteiger partial charge >= 0.3 is 0 Å². The fourth-order valence-electron chi connectivity index (χ4n) is 7.06. The smallest absolute Gasteiger partial charge is 0.155 e. The molecule has 0 aromatic heterocycles. The Kier molecular flexibility index (Phi) is 3.66. The highest BCUT2D eigenvalue weighted by atomic mass is 19.1. The third-order valence-corrected chi connectivity index (χ3v) is 8.12. The van der Waals surface area contributed by atoms with E-state index in [9.17, 15) is 14.4 Å². The maximum atomic E-state index is 15.1. The zero-order valence-electron chi connectivity index (χ0n) is 15.3. The van der Waals surface area contributed by atoms with Crippen LogP contribution in [0.1, 0.15) is 59.3 Å². The quantitative estimate of drug-likeness (QED) is 0.725. The van der Waals surface area contributed by atoms with Gasteiger partial charge in [0.15, 0.2) is 5.78 Å². The molecular formula is C21H27FO3. The maximum Gasteiger partial charge on any atom is 0.155 e. The molecular weight excluding hydrogens is 319 g/mol. The molecule has 0 spiro atoms. The Morgan fingerprint density at radius 3 is 2.64 bits per heavy atom. The fraction of sp³-hybridized carbons (Fsp3) is 0.762. The van der Waals surface area contributed by atoms with Crippen LogP contribution in [0, 0.1) is 34.5 Å². The SMILES string of the molecule is CC(=O)[C@H]1CC[C@H]2[C@@H]3C[C@H](F)C4=CC(=O)CC[C@]4(C)[C@H]3C(=O)C[C@]12C. The van der Waals surface area contributed by atoms with E-state index in [1.165, 1.54) is 6.08 Å². The maximum absolute atomic E-state index is 15.1. The predicted molar refractivity (Wildman–Crippen MR) is 91.6 cm³/mol. The zero-order chi connectivity index (χ0) is 18.1. The highest BCUT2D eigenvalue weighted by molar-refractivity contribution is 5.93. The van der Waals surface area contributed by atoms with E-state index in [-0.39, 0.29) is 46.4 Å². The number of hydrogen-bond donors (Lipinski definition) is 0. The van der Waals surface area contributed by atoms with Gasteiger partial charge in [0.1, 0.15) is 17.7 Å². The molecule has 0 aliphatic heterocycles. The highest BCUT2D eigenvalue weighted by Crippen LogP contribution is 2.65. The van der Waals surface area contributed by atoms with E-state index in [0.717, 1.165) is 12.8 Å². The molecule has 7 atom stereocenters. The standard InChI is InChI=1S/C21H27FO3/c1-11(23)14-4-5-15-13-9-17(22)16-8-12(24)6-7-20(16,2)19(13)18(25)10-21(14,15)3/h8,13-15,17,19H,4-7,9-10H2,1-3H3/t13-,14+,15-,17-,19+,20-,21+/m0/s1. The van der Waals surface area contributed by atoms with Crippen molar-refractivity contribution in [1.82, 2.24) is 0 Å². The molecule has 136 valence electrons. The second-order valence-electron chi connectivity index (χ2n) is 9.32. The van der Waals surface area contributed by atoms with Crippen molar-refractivity contribution in [3.05, 3.63) is 11.6 Å². The Morgan fingerprint density at radius 1 is 1.24 bits per heavy atom. The van der Waals surface area contributed by atoms with Crippen molar-refractivity contribution in [3.63, 3.8) is 0 Å². The van der Waals surface area contributed by atoms with Crippen molar-refractivity contribution < 1.29 is 18.8 Å². The average molecular weight is 346 g/mol. The molecule has 0 N–H and O–H groups in total. The van der Waals surface area contributed by atoms with Crippen LogP contribution in [0.2, 0.25) is 0 Å². The van der Waals surface area contributed by atoms with Crippen LogP contribution in [-0.4, -0.2) is 23.5 Å². The number of ketones is 3. The summed E-state index contributed by atoms with van der Waals surface area (Å²) in [7, 11) is 0. The summed E-state index contributed by atoms with van der Waals surface area (Å²) in [6, 6.07) is 0. The first-order valence-electron chi connectivity index (χ1n) is 9.60. The summed E-state index contributed by atoms with van der Waals surface area (Å²) in [5, 5.41) is 0. The number of alkyl halides is 1. The van der Waals surface area contributed by atoms with E-state index >= 15 is 4.39 Å². The lowest BCUT2D eigenvalue weighted by molar-refractivity contribution is -0.150. The van der Waals surface area contributed by atoms with Crippen molar-refractivity contribution in [2.24, 2.45) is 34.5 Å². The molecule has 3 nitrogen and oxygen atoms in total. The molecule has 3 fully saturated rings. The summed E-state index contributed by atoms with van der Waals surface area (Å²) in [5.74, 6) is 0.310. The van der Waals surface area contributed by atoms with Crippen LogP contribution in [0.4, 0.5) is 4.39 Å². The summed E-state index contributed by atoms with van der Waals surface area (Å²) in [5.41, 5.74) is -0.280. The van der Waals surface area contributed by atoms with Gasteiger partial charge in [-0.2, -0.15) is 0 Å². The topological polar surface area (TPSA) is 51.2 Å². The van der Waals surface area contributed by atoms with Gasteiger partial charge in [0.05, 0.1) is 0 Å². The molecule has 0 amide bonds. The number of rotatable bonds is 1. The van der Waals surface area contributed by atoms with Crippen LogP contribution in [0.15, 0.2) is 11.6 Å². The Morgan fingerprint density at radius 2 is 1.96 bits per heavy atom. The van der Waals surface area contributed by atoms with Crippen molar-refractivity contribution in [3.8, 4) is 0 Å². The molecule has 0 heterocycles. The zero-order valence-corrected chi connectivity index (χ0v) is 15.3.